The Kier molecular flexibility index (Phi) is 4.32. The number of hydrogen-bond donors (Lipinski definition) is 2. The van der Waals surface area contributed by atoms with E-state index in [9.17, 15) is 4.79 Å². The van der Waals surface area contributed by atoms with Crippen molar-refractivity contribution in [3.63, 3.8) is 0 Å². The van der Waals surface area contributed by atoms with Crippen molar-refractivity contribution in [1.82, 2.24) is 5.32 Å². The lowest BCUT2D eigenvalue weighted by Crippen LogP contribution is -2.30. The topological polar surface area (TPSA) is 58.6 Å². The highest BCUT2D eigenvalue weighted by molar-refractivity contribution is 5.66. The molecule has 0 aliphatic carbocycles. The summed E-state index contributed by atoms with van der Waals surface area (Å²) in [6.07, 6.45) is 6.14. The molecule has 4 nitrogen and oxygen atoms in total. The summed E-state index contributed by atoms with van der Waals surface area (Å²) in [6.45, 7) is 1.25. The fraction of sp³-hybridized carbons (Fsp3) is 0.667. The Hall–Kier alpha value is -1.03. The maximum atomic E-state index is 10.2. The number of carboxylic acids is 1. The van der Waals surface area contributed by atoms with Crippen LogP contribution in [0.3, 0.4) is 0 Å². The second-order valence-corrected chi connectivity index (χ2v) is 3.06. The first-order valence-electron chi connectivity index (χ1n) is 4.52. The van der Waals surface area contributed by atoms with E-state index in [1.807, 2.05) is 6.08 Å². The van der Waals surface area contributed by atoms with Gasteiger partial charge in [-0.2, -0.15) is 0 Å². The van der Waals surface area contributed by atoms with Crippen molar-refractivity contribution in [2.75, 3.05) is 13.1 Å². The number of carbonyl (C=O) groups is 1. The van der Waals surface area contributed by atoms with Crippen LogP contribution in [-0.4, -0.2) is 30.3 Å². The molecule has 1 aliphatic rings. The van der Waals surface area contributed by atoms with Gasteiger partial charge >= 0.3 is 5.97 Å². The second kappa shape index (κ2) is 5.59. The van der Waals surface area contributed by atoms with Crippen molar-refractivity contribution in [3.8, 4) is 0 Å². The maximum absolute atomic E-state index is 10.2. The van der Waals surface area contributed by atoms with E-state index < -0.39 is 5.97 Å². The first-order chi connectivity index (χ1) is 6.29. The monoisotopic (exact) mass is 185 g/mol. The summed E-state index contributed by atoms with van der Waals surface area (Å²) in [7, 11) is 0. The van der Waals surface area contributed by atoms with E-state index in [-0.39, 0.29) is 12.5 Å². The minimum atomic E-state index is -0.767. The summed E-state index contributed by atoms with van der Waals surface area (Å²) in [5, 5.41) is 11.4. The fourth-order valence-corrected chi connectivity index (χ4v) is 1.19. The molecule has 13 heavy (non-hydrogen) atoms. The van der Waals surface area contributed by atoms with Gasteiger partial charge in [0.05, 0.1) is 12.7 Å². The van der Waals surface area contributed by atoms with E-state index in [0.29, 0.717) is 6.54 Å². The zero-order valence-corrected chi connectivity index (χ0v) is 7.53. The van der Waals surface area contributed by atoms with Gasteiger partial charge in [0.25, 0.3) is 0 Å². The number of ether oxygens (including phenoxy) is 1. The lowest BCUT2D eigenvalue weighted by molar-refractivity contribution is -0.136. The van der Waals surface area contributed by atoms with Gasteiger partial charge < -0.3 is 15.2 Å². The average molecular weight is 185 g/mol. The van der Waals surface area contributed by atoms with E-state index in [1.165, 1.54) is 0 Å². The SMILES string of the molecule is O=C(O)CCNCC1CCC=CO1. The molecular formula is C9H15NO3. The fourth-order valence-electron chi connectivity index (χ4n) is 1.19. The van der Waals surface area contributed by atoms with Crippen LogP contribution in [0.15, 0.2) is 12.3 Å². The molecule has 1 unspecified atom stereocenters. The molecule has 1 heterocycles. The molecule has 0 aromatic carbocycles. The Labute approximate surface area is 77.6 Å². The molecule has 0 aromatic rings. The number of rotatable bonds is 5. The van der Waals surface area contributed by atoms with Crippen LogP contribution in [0.5, 0.6) is 0 Å². The van der Waals surface area contributed by atoms with Gasteiger partial charge in [-0.15, -0.1) is 0 Å². The Morgan fingerprint density at radius 2 is 2.54 bits per heavy atom. The summed E-state index contributed by atoms with van der Waals surface area (Å²) < 4.78 is 5.29. The van der Waals surface area contributed by atoms with Crippen molar-refractivity contribution < 1.29 is 14.6 Å². The van der Waals surface area contributed by atoms with Gasteiger partial charge in [-0.25, -0.2) is 0 Å². The summed E-state index contributed by atoms with van der Waals surface area (Å²) in [5.74, 6) is -0.767. The average Bonchev–Trinajstić information content (AvgIpc) is 2.14. The van der Waals surface area contributed by atoms with Gasteiger partial charge in [0.1, 0.15) is 6.10 Å². The molecule has 74 valence electrons. The summed E-state index contributed by atoms with van der Waals surface area (Å²) >= 11 is 0. The quantitative estimate of drug-likeness (QED) is 0.620. The highest BCUT2D eigenvalue weighted by Gasteiger charge is 2.09. The normalized spacial score (nSPS) is 21.1. The molecule has 4 heteroatoms. The molecule has 0 spiro atoms. The molecule has 0 fully saturated rings. The first-order valence-corrected chi connectivity index (χ1v) is 4.52. The zero-order valence-electron chi connectivity index (χ0n) is 7.53. The minimum absolute atomic E-state index is 0.169. The van der Waals surface area contributed by atoms with Gasteiger partial charge in [-0.05, 0) is 18.9 Å². The molecule has 0 saturated carbocycles. The zero-order chi connectivity index (χ0) is 9.52. The smallest absolute Gasteiger partial charge is 0.304 e. The van der Waals surface area contributed by atoms with Crippen LogP contribution in [0.25, 0.3) is 0 Å². The molecule has 1 rings (SSSR count). The van der Waals surface area contributed by atoms with Crippen LogP contribution in [-0.2, 0) is 9.53 Å². The van der Waals surface area contributed by atoms with Crippen molar-refractivity contribution in [1.29, 1.82) is 0 Å². The summed E-state index contributed by atoms with van der Waals surface area (Å²) in [4.78, 5) is 10.2. The third-order valence-electron chi connectivity index (χ3n) is 1.91. The van der Waals surface area contributed by atoms with Crippen LogP contribution >= 0.6 is 0 Å². The maximum Gasteiger partial charge on any atom is 0.304 e. The Morgan fingerprint density at radius 3 is 3.15 bits per heavy atom. The van der Waals surface area contributed by atoms with Crippen molar-refractivity contribution in [3.05, 3.63) is 12.3 Å². The van der Waals surface area contributed by atoms with Gasteiger partial charge in [0.15, 0.2) is 0 Å². The van der Waals surface area contributed by atoms with E-state index in [0.717, 1.165) is 19.4 Å². The van der Waals surface area contributed by atoms with Gasteiger partial charge in [-0.3, -0.25) is 4.79 Å². The van der Waals surface area contributed by atoms with E-state index >= 15 is 0 Å². The molecule has 2 N–H and O–H groups in total. The minimum Gasteiger partial charge on any atom is -0.497 e. The van der Waals surface area contributed by atoms with Gasteiger partial charge in [0, 0.05) is 13.1 Å². The molecule has 0 radical (unpaired) electrons. The van der Waals surface area contributed by atoms with Crippen LogP contribution in [0.2, 0.25) is 0 Å². The van der Waals surface area contributed by atoms with Crippen LogP contribution in [0, 0.1) is 0 Å². The van der Waals surface area contributed by atoms with Gasteiger partial charge in [-0.1, -0.05) is 0 Å². The largest absolute Gasteiger partial charge is 0.497 e. The van der Waals surface area contributed by atoms with E-state index in [1.54, 1.807) is 6.26 Å². The molecule has 0 aromatic heterocycles. The van der Waals surface area contributed by atoms with E-state index in [4.69, 9.17) is 9.84 Å². The molecular weight excluding hydrogens is 170 g/mol. The molecule has 1 atom stereocenters. The highest BCUT2D eigenvalue weighted by atomic mass is 16.5. The van der Waals surface area contributed by atoms with Crippen LogP contribution < -0.4 is 5.32 Å². The van der Waals surface area contributed by atoms with Gasteiger partial charge in [0.2, 0.25) is 0 Å². The number of allylic oxidation sites excluding steroid dienone is 1. The van der Waals surface area contributed by atoms with Crippen molar-refractivity contribution in [2.45, 2.75) is 25.4 Å². The first kappa shape index (κ1) is 10.1. The third-order valence-corrected chi connectivity index (χ3v) is 1.91. The second-order valence-electron chi connectivity index (χ2n) is 3.06. The molecule has 1 aliphatic heterocycles. The molecule has 0 amide bonds. The lowest BCUT2D eigenvalue weighted by atomic mass is 10.1. The van der Waals surface area contributed by atoms with E-state index in [2.05, 4.69) is 5.32 Å². The molecule has 0 bridgehead atoms. The Balaban J connectivity index is 1.99. The van der Waals surface area contributed by atoms with Crippen molar-refractivity contribution in [2.24, 2.45) is 0 Å². The predicted molar refractivity (Wildman–Crippen MR) is 48.4 cm³/mol. The summed E-state index contributed by atoms with van der Waals surface area (Å²) in [6, 6.07) is 0. The number of carboxylic acid groups (broad SMARTS) is 1. The van der Waals surface area contributed by atoms with Crippen LogP contribution in [0.1, 0.15) is 19.3 Å². The number of aliphatic carboxylic acids is 1. The number of hydrogen-bond acceptors (Lipinski definition) is 3. The Bertz CT molecular complexity index is 191. The third kappa shape index (κ3) is 4.52. The highest BCUT2D eigenvalue weighted by Crippen LogP contribution is 2.08. The predicted octanol–water partition coefficient (Wildman–Crippen LogP) is 0.743. The standard InChI is InChI=1S/C9H15NO3/c11-9(12)4-5-10-7-8-3-1-2-6-13-8/h2,6,8,10H,1,3-5,7H2,(H,11,12). The Morgan fingerprint density at radius 1 is 1.69 bits per heavy atom. The molecule has 0 saturated heterocycles. The summed E-state index contributed by atoms with van der Waals surface area (Å²) in [5.41, 5.74) is 0. The van der Waals surface area contributed by atoms with Crippen molar-refractivity contribution >= 4 is 5.97 Å². The van der Waals surface area contributed by atoms with Crippen LogP contribution in [0.4, 0.5) is 0 Å². The lowest BCUT2D eigenvalue weighted by Gasteiger charge is -2.19. The number of nitrogens with one attached hydrogen (secondary N) is 1.